The number of halogens is 2. The molecule has 2 nitrogen and oxygen atoms in total. The highest BCUT2D eigenvalue weighted by Crippen LogP contribution is 2.31. The molecule has 0 fully saturated rings. The first-order chi connectivity index (χ1) is 5.52. The highest BCUT2D eigenvalue weighted by atomic mass is 35.5. The van der Waals surface area contributed by atoms with Gasteiger partial charge in [-0.05, 0) is 6.92 Å². The van der Waals surface area contributed by atoms with Crippen LogP contribution in [-0.2, 0) is 4.79 Å². The molecule has 1 unspecified atom stereocenters. The second-order valence-corrected chi connectivity index (χ2v) is 3.55. The molecular formula is C8H8Cl2O2. The van der Waals surface area contributed by atoms with Crippen molar-refractivity contribution in [3.63, 3.8) is 0 Å². The molecule has 0 bridgehead atoms. The van der Waals surface area contributed by atoms with Crippen LogP contribution in [0.5, 0.6) is 0 Å². The Kier molecular flexibility index (Phi) is 2.80. The zero-order chi connectivity index (χ0) is 9.30. The second-order valence-electron chi connectivity index (χ2n) is 2.69. The molecule has 4 heteroatoms. The summed E-state index contributed by atoms with van der Waals surface area (Å²) >= 11 is 11.3. The highest BCUT2D eigenvalue weighted by molar-refractivity contribution is 6.35. The van der Waals surface area contributed by atoms with E-state index in [4.69, 9.17) is 23.2 Å². The summed E-state index contributed by atoms with van der Waals surface area (Å²) in [4.78, 5) is 10.9. The maximum Gasteiger partial charge on any atom is 0.148 e. The van der Waals surface area contributed by atoms with Gasteiger partial charge in [0, 0.05) is 12.3 Å². The van der Waals surface area contributed by atoms with Gasteiger partial charge >= 0.3 is 0 Å². The van der Waals surface area contributed by atoms with Crippen LogP contribution in [0.3, 0.4) is 0 Å². The van der Waals surface area contributed by atoms with Gasteiger partial charge in [-0.1, -0.05) is 29.3 Å². The van der Waals surface area contributed by atoms with Crippen LogP contribution < -0.4 is 0 Å². The van der Waals surface area contributed by atoms with Crippen LogP contribution >= 0.6 is 23.2 Å². The molecule has 66 valence electrons. The number of carbonyl (C=O) groups is 1. The summed E-state index contributed by atoms with van der Waals surface area (Å²) in [7, 11) is 0. The highest BCUT2D eigenvalue weighted by Gasteiger charge is 2.22. The topological polar surface area (TPSA) is 37.3 Å². The lowest BCUT2D eigenvalue weighted by molar-refractivity contribution is -0.119. The quantitative estimate of drug-likeness (QED) is 0.717. The molecule has 0 heterocycles. The fraction of sp³-hybridized carbons (Fsp3) is 0.375. The van der Waals surface area contributed by atoms with E-state index in [1.54, 1.807) is 0 Å². The van der Waals surface area contributed by atoms with E-state index in [1.165, 1.54) is 13.0 Å². The third-order valence-electron chi connectivity index (χ3n) is 1.75. The van der Waals surface area contributed by atoms with Gasteiger partial charge in [-0.25, -0.2) is 0 Å². The van der Waals surface area contributed by atoms with Gasteiger partial charge in [0.2, 0.25) is 0 Å². The van der Waals surface area contributed by atoms with E-state index in [1.807, 2.05) is 0 Å². The van der Waals surface area contributed by atoms with Crippen LogP contribution in [0.15, 0.2) is 21.9 Å². The second kappa shape index (κ2) is 3.50. The number of Topliss-reactive ketones (excluding diaryl/α,β-unsaturated/α-hetero) is 1. The molecule has 0 amide bonds. The largest absolute Gasteiger partial charge is 0.505 e. The maximum absolute atomic E-state index is 10.9. The van der Waals surface area contributed by atoms with E-state index in [0.29, 0.717) is 6.42 Å². The van der Waals surface area contributed by atoms with Crippen molar-refractivity contribution >= 4 is 29.0 Å². The van der Waals surface area contributed by atoms with Crippen LogP contribution in [-0.4, -0.2) is 10.9 Å². The number of aliphatic hydroxyl groups is 1. The Labute approximate surface area is 80.5 Å². The smallest absolute Gasteiger partial charge is 0.148 e. The third kappa shape index (κ3) is 1.82. The molecule has 0 saturated carbocycles. The number of hydrogen-bond donors (Lipinski definition) is 1. The molecule has 0 aromatic heterocycles. The van der Waals surface area contributed by atoms with Crippen molar-refractivity contribution in [2.75, 3.05) is 0 Å². The van der Waals surface area contributed by atoms with Crippen LogP contribution in [0.2, 0.25) is 0 Å². The molecule has 0 saturated heterocycles. The monoisotopic (exact) mass is 206 g/mol. The standard InChI is InChI=1S/C8H8Cl2O2/c1-4(11)5-2-6(9)8(12)7(10)3-5/h2,5,12H,3H2,1H3. The van der Waals surface area contributed by atoms with E-state index in [9.17, 15) is 9.90 Å². The van der Waals surface area contributed by atoms with E-state index >= 15 is 0 Å². The summed E-state index contributed by atoms with van der Waals surface area (Å²) in [6, 6.07) is 0. The van der Waals surface area contributed by atoms with Crippen LogP contribution in [0.25, 0.3) is 0 Å². The molecule has 1 aliphatic carbocycles. The molecule has 12 heavy (non-hydrogen) atoms. The molecule has 0 aromatic carbocycles. The van der Waals surface area contributed by atoms with E-state index in [0.717, 1.165) is 0 Å². The maximum atomic E-state index is 10.9. The average Bonchev–Trinajstić information content (AvgIpc) is 1.99. The number of allylic oxidation sites excluding steroid dienone is 3. The van der Waals surface area contributed by atoms with Crippen molar-refractivity contribution in [3.05, 3.63) is 21.9 Å². The first kappa shape index (κ1) is 9.62. The third-order valence-corrected chi connectivity index (χ3v) is 2.39. The fourth-order valence-corrected chi connectivity index (χ4v) is 1.58. The Hall–Kier alpha value is -0.470. The minimum atomic E-state index is -0.291. The zero-order valence-corrected chi connectivity index (χ0v) is 7.99. The predicted octanol–water partition coefficient (Wildman–Crippen LogP) is 2.73. The number of ketones is 1. The molecule has 0 aromatic rings. The van der Waals surface area contributed by atoms with Crippen molar-refractivity contribution in [1.29, 1.82) is 0 Å². The lowest BCUT2D eigenvalue weighted by Gasteiger charge is -2.15. The van der Waals surface area contributed by atoms with E-state index in [-0.39, 0.29) is 27.5 Å². The summed E-state index contributed by atoms with van der Waals surface area (Å²) in [6.45, 7) is 1.47. The molecule has 1 N–H and O–H groups in total. The number of rotatable bonds is 1. The van der Waals surface area contributed by atoms with Gasteiger partial charge in [-0.2, -0.15) is 0 Å². The first-order valence-electron chi connectivity index (χ1n) is 3.48. The summed E-state index contributed by atoms with van der Waals surface area (Å²) in [5.41, 5.74) is 0. The Morgan fingerprint density at radius 2 is 2.25 bits per heavy atom. The van der Waals surface area contributed by atoms with Gasteiger partial charge in [0.25, 0.3) is 0 Å². The summed E-state index contributed by atoms with van der Waals surface area (Å²) in [5.74, 6) is -0.407. The minimum Gasteiger partial charge on any atom is -0.505 e. The van der Waals surface area contributed by atoms with E-state index < -0.39 is 0 Å². The molecule has 1 aliphatic rings. The lowest BCUT2D eigenvalue weighted by atomic mass is 9.96. The Balaban J connectivity index is 2.91. The number of carbonyl (C=O) groups excluding carboxylic acids is 1. The summed E-state index contributed by atoms with van der Waals surface area (Å²) < 4.78 is 0. The van der Waals surface area contributed by atoms with Crippen LogP contribution in [0, 0.1) is 5.92 Å². The van der Waals surface area contributed by atoms with Gasteiger partial charge in [0.1, 0.15) is 11.5 Å². The zero-order valence-electron chi connectivity index (χ0n) is 6.47. The normalized spacial score (nSPS) is 23.9. The van der Waals surface area contributed by atoms with Gasteiger partial charge < -0.3 is 5.11 Å². The van der Waals surface area contributed by atoms with Crippen molar-refractivity contribution < 1.29 is 9.90 Å². The Morgan fingerprint density at radius 1 is 1.67 bits per heavy atom. The first-order valence-corrected chi connectivity index (χ1v) is 4.23. The summed E-state index contributed by atoms with van der Waals surface area (Å²) in [6.07, 6.45) is 1.87. The van der Waals surface area contributed by atoms with Crippen molar-refractivity contribution in [2.24, 2.45) is 5.92 Å². The average molecular weight is 207 g/mol. The molecular weight excluding hydrogens is 199 g/mol. The molecule has 1 atom stereocenters. The van der Waals surface area contributed by atoms with Gasteiger partial charge in [0.15, 0.2) is 0 Å². The predicted molar refractivity (Wildman–Crippen MR) is 48.2 cm³/mol. The van der Waals surface area contributed by atoms with Crippen LogP contribution in [0.4, 0.5) is 0 Å². The number of aliphatic hydroxyl groups excluding tert-OH is 1. The molecule has 0 aliphatic heterocycles. The Morgan fingerprint density at radius 3 is 2.67 bits per heavy atom. The van der Waals surface area contributed by atoms with Gasteiger partial charge in [0.05, 0.1) is 10.1 Å². The minimum absolute atomic E-state index is 0.00111. The molecule has 0 spiro atoms. The fourth-order valence-electron chi connectivity index (χ4n) is 0.995. The lowest BCUT2D eigenvalue weighted by Crippen LogP contribution is -2.12. The van der Waals surface area contributed by atoms with E-state index in [2.05, 4.69) is 0 Å². The SMILES string of the molecule is CC(=O)C1C=C(Cl)C(O)=C(Cl)C1. The van der Waals surface area contributed by atoms with Gasteiger partial charge in [-0.15, -0.1) is 0 Å². The summed E-state index contributed by atoms with van der Waals surface area (Å²) in [5, 5.41) is 9.59. The molecule has 0 radical (unpaired) electrons. The number of hydrogen-bond acceptors (Lipinski definition) is 2. The Bertz CT molecular complexity index is 279. The molecule has 1 rings (SSSR count). The van der Waals surface area contributed by atoms with Gasteiger partial charge in [-0.3, -0.25) is 4.79 Å². The van der Waals surface area contributed by atoms with Crippen molar-refractivity contribution in [3.8, 4) is 0 Å². The van der Waals surface area contributed by atoms with Crippen molar-refractivity contribution in [2.45, 2.75) is 13.3 Å². The van der Waals surface area contributed by atoms with Crippen LogP contribution in [0.1, 0.15) is 13.3 Å². The van der Waals surface area contributed by atoms with Crippen molar-refractivity contribution in [1.82, 2.24) is 0 Å².